The second-order valence-electron chi connectivity index (χ2n) is 6.89. The molecule has 2 rings (SSSR count). The third kappa shape index (κ3) is 5.62. The minimum Gasteiger partial charge on any atom is -0.459 e. The summed E-state index contributed by atoms with van der Waals surface area (Å²) in [5.41, 5.74) is 7.48. The average Bonchev–Trinajstić information content (AvgIpc) is 2.42. The number of hydrogen-bond donors (Lipinski definition) is 1. The largest absolute Gasteiger partial charge is 0.459 e. The fraction of sp³-hybridized carbons (Fsp3) is 0.588. The van der Waals surface area contributed by atoms with Crippen LogP contribution >= 0.6 is 11.8 Å². The SMILES string of the molecule is CN(CCN1CCSc2cc(N)ccc21)CC(=O)OC(C)(C)C. The first-order chi connectivity index (χ1) is 10.7. The molecular formula is C17H27N3O2S. The topological polar surface area (TPSA) is 58.8 Å². The van der Waals surface area contributed by atoms with Crippen molar-refractivity contribution in [3.63, 3.8) is 0 Å². The van der Waals surface area contributed by atoms with Crippen molar-refractivity contribution in [1.82, 2.24) is 4.90 Å². The van der Waals surface area contributed by atoms with Gasteiger partial charge in [-0.15, -0.1) is 11.8 Å². The zero-order valence-electron chi connectivity index (χ0n) is 14.5. The molecule has 23 heavy (non-hydrogen) atoms. The summed E-state index contributed by atoms with van der Waals surface area (Å²) in [7, 11) is 1.95. The van der Waals surface area contributed by atoms with Gasteiger partial charge in [-0.2, -0.15) is 0 Å². The second-order valence-corrected chi connectivity index (χ2v) is 8.02. The zero-order chi connectivity index (χ0) is 17.0. The number of rotatable bonds is 5. The molecule has 128 valence electrons. The Morgan fingerprint density at radius 1 is 1.43 bits per heavy atom. The Hall–Kier alpha value is -1.40. The summed E-state index contributed by atoms with van der Waals surface area (Å²) < 4.78 is 5.36. The number of carbonyl (C=O) groups excluding carboxylic acids is 1. The first-order valence-electron chi connectivity index (χ1n) is 7.92. The van der Waals surface area contributed by atoms with Crippen molar-refractivity contribution < 1.29 is 9.53 Å². The molecule has 1 aliphatic heterocycles. The molecule has 1 heterocycles. The van der Waals surface area contributed by atoms with Gasteiger partial charge in [0, 0.05) is 36.0 Å². The van der Waals surface area contributed by atoms with E-state index in [0.29, 0.717) is 6.54 Å². The van der Waals surface area contributed by atoms with Crippen molar-refractivity contribution in [3.8, 4) is 0 Å². The number of nitrogens with zero attached hydrogens (tertiary/aromatic N) is 2. The van der Waals surface area contributed by atoms with Gasteiger partial charge in [-0.25, -0.2) is 0 Å². The van der Waals surface area contributed by atoms with Crippen LogP contribution in [-0.2, 0) is 9.53 Å². The second kappa shape index (κ2) is 7.45. The Morgan fingerprint density at radius 2 is 2.17 bits per heavy atom. The van der Waals surface area contributed by atoms with Crippen LogP contribution in [0.1, 0.15) is 20.8 Å². The number of ether oxygens (including phenoxy) is 1. The lowest BCUT2D eigenvalue weighted by molar-refractivity contribution is -0.155. The van der Waals surface area contributed by atoms with E-state index in [2.05, 4.69) is 11.0 Å². The monoisotopic (exact) mass is 337 g/mol. The van der Waals surface area contributed by atoms with Gasteiger partial charge < -0.3 is 15.4 Å². The number of likely N-dealkylation sites (N-methyl/N-ethyl adjacent to an activating group) is 1. The molecule has 0 radical (unpaired) electrons. The van der Waals surface area contributed by atoms with Crippen LogP contribution in [0.4, 0.5) is 11.4 Å². The molecule has 0 aliphatic carbocycles. The number of hydrogen-bond acceptors (Lipinski definition) is 6. The maximum atomic E-state index is 11.9. The van der Waals surface area contributed by atoms with E-state index in [1.807, 2.05) is 56.6 Å². The standard InChI is InChI=1S/C17H27N3O2S/c1-17(2,3)22-16(21)12-19(4)7-8-20-9-10-23-15-11-13(18)5-6-14(15)20/h5-6,11H,7-10,12,18H2,1-4H3. The van der Waals surface area contributed by atoms with Gasteiger partial charge in [-0.1, -0.05) is 0 Å². The Labute approximate surface area is 143 Å². The highest BCUT2D eigenvalue weighted by Crippen LogP contribution is 2.35. The lowest BCUT2D eigenvalue weighted by Crippen LogP contribution is -2.39. The maximum absolute atomic E-state index is 11.9. The fourth-order valence-corrected chi connectivity index (χ4v) is 3.59. The molecule has 2 N–H and O–H groups in total. The number of benzene rings is 1. The number of anilines is 2. The summed E-state index contributed by atoms with van der Waals surface area (Å²) in [4.78, 5) is 17.5. The van der Waals surface area contributed by atoms with E-state index in [1.165, 1.54) is 10.6 Å². The molecule has 1 aliphatic rings. The Bertz CT molecular complexity index is 557. The van der Waals surface area contributed by atoms with Crippen LogP contribution in [0.5, 0.6) is 0 Å². The summed E-state index contributed by atoms with van der Waals surface area (Å²) in [6.07, 6.45) is 0. The Kier molecular flexibility index (Phi) is 5.81. The molecule has 0 fully saturated rings. The summed E-state index contributed by atoms with van der Waals surface area (Å²) in [6, 6.07) is 6.07. The van der Waals surface area contributed by atoms with Gasteiger partial charge in [0.25, 0.3) is 0 Å². The third-order valence-corrected chi connectivity index (χ3v) is 4.54. The molecule has 0 unspecified atom stereocenters. The first-order valence-corrected chi connectivity index (χ1v) is 8.91. The van der Waals surface area contributed by atoms with E-state index in [1.54, 1.807) is 0 Å². The highest BCUT2D eigenvalue weighted by molar-refractivity contribution is 7.99. The molecule has 0 aromatic heterocycles. The average molecular weight is 337 g/mol. The molecule has 0 spiro atoms. The van der Waals surface area contributed by atoms with Gasteiger partial charge in [0.2, 0.25) is 0 Å². The van der Waals surface area contributed by atoms with E-state index < -0.39 is 5.60 Å². The van der Waals surface area contributed by atoms with E-state index in [-0.39, 0.29) is 5.97 Å². The smallest absolute Gasteiger partial charge is 0.320 e. The zero-order valence-corrected chi connectivity index (χ0v) is 15.3. The minimum absolute atomic E-state index is 0.178. The summed E-state index contributed by atoms with van der Waals surface area (Å²) in [5.74, 6) is 0.883. The van der Waals surface area contributed by atoms with Gasteiger partial charge in [-0.3, -0.25) is 9.69 Å². The summed E-state index contributed by atoms with van der Waals surface area (Å²) in [6.45, 7) is 8.69. The number of thioether (sulfide) groups is 1. The normalized spacial score (nSPS) is 14.7. The van der Waals surface area contributed by atoms with Gasteiger partial charge in [0.05, 0.1) is 12.2 Å². The van der Waals surface area contributed by atoms with Gasteiger partial charge in [-0.05, 0) is 46.0 Å². The van der Waals surface area contributed by atoms with Crippen LogP contribution in [-0.4, -0.2) is 55.4 Å². The number of carbonyl (C=O) groups is 1. The van der Waals surface area contributed by atoms with Crippen molar-refractivity contribution >= 4 is 29.1 Å². The van der Waals surface area contributed by atoms with Gasteiger partial charge in [0.15, 0.2) is 0 Å². The minimum atomic E-state index is -0.430. The van der Waals surface area contributed by atoms with Crippen LogP contribution in [0, 0.1) is 0 Å². The van der Waals surface area contributed by atoms with Crippen molar-refractivity contribution in [2.75, 3.05) is 49.6 Å². The fourth-order valence-electron chi connectivity index (χ4n) is 2.49. The molecule has 0 amide bonds. The van der Waals surface area contributed by atoms with Crippen LogP contribution < -0.4 is 10.6 Å². The lowest BCUT2D eigenvalue weighted by Gasteiger charge is -2.32. The van der Waals surface area contributed by atoms with E-state index in [0.717, 1.165) is 31.1 Å². The summed E-state index contributed by atoms with van der Waals surface area (Å²) >= 11 is 1.85. The predicted octanol–water partition coefficient (Wildman–Crippen LogP) is 2.45. The maximum Gasteiger partial charge on any atom is 0.320 e. The van der Waals surface area contributed by atoms with Crippen molar-refractivity contribution in [1.29, 1.82) is 0 Å². The van der Waals surface area contributed by atoms with Crippen molar-refractivity contribution in [2.24, 2.45) is 0 Å². The third-order valence-electron chi connectivity index (χ3n) is 3.51. The highest BCUT2D eigenvalue weighted by Gasteiger charge is 2.20. The Morgan fingerprint density at radius 3 is 2.87 bits per heavy atom. The molecule has 5 nitrogen and oxygen atoms in total. The first kappa shape index (κ1) is 17.9. The van der Waals surface area contributed by atoms with Gasteiger partial charge in [0.1, 0.15) is 5.60 Å². The Balaban J connectivity index is 1.86. The van der Waals surface area contributed by atoms with E-state index in [4.69, 9.17) is 10.5 Å². The summed E-state index contributed by atoms with van der Waals surface area (Å²) in [5, 5.41) is 0. The molecule has 0 saturated heterocycles. The molecule has 1 aromatic rings. The quantitative estimate of drug-likeness (QED) is 0.658. The predicted molar refractivity (Wildman–Crippen MR) is 97.1 cm³/mol. The van der Waals surface area contributed by atoms with E-state index >= 15 is 0 Å². The van der Waals surface area contributed by atoms with Crippen LogP contribution in [0.3, 0.4) is 0 Å². The lowest BCUT2D eigenvalue weighted by atomic mass is 10.2. The molecule has 0 atom stereocenters. The molecule has 1 aromatic carbocycles. The van der Waals surface area contributed by atoms with Crippen LogP contribution in [0.2, 0.25) is 0 Å². The van der Waals surface area contributed by atoms with Crippen molar-refractivity contribution in [2.45, 2.75) is 31.3 Å². The van der Waals surface area contributed by atoms with Crippen LogP contribution in [0.15, 0.2) is 23.1 Å². The van der Waals surface area contributed by atoms with Gasteiger partial charge >= 0.3 is 5.97 Å². The molecular weight excluding hydrogens is 310 g/mol. The molecule has 0 saturated carbocycles. The highest BCUT2D eigenvalue weighted by atomic mass is 32.2. The number of nitrogens with two attached hydrogens (primary N) is 1. The van der Waals surface area contributed by atoms with Crippen LogP contribution in [0.25, 0.3) is 0 Å². The van der Waals surface area contributed by atoms with Crippen molar-refractivity contribution in [3.05, 3.63) is 18.2 Å². The van der Waals surface area contributed by atoms with E-state index in [9.17, 15) is 4.79 Å². The number of fused-ring (bicyclic) bond motifs is 1. The number of nitrogen functional groups attached to an aromatic ring is 1. The molecule has 6 heteroatoms. The number of esters is 1. The molecule has 0 bridgehead atoms.